The second-order valence-electron chi connectivity index (χ2n) is 2.31. The van der Waals surface area contributed by atoms with Gasteiger partial charge in [-0.15, -0.1) is 0 Å². The van der Waals surface area contributed by atoms with Crippen molar-refractivity contribution in [1.29, 1.82) is 5.26 Å². The van der Waals surface area contributed by atoms with E-state index in [0.29, 0.717) is 0 Å². The predicted molar refractivity (Wildman–Crippen MR) is 42.2 cm³/mol. The van der Waals surface area contributed by atoms with E-state index in [0.717, 1.165) is 12.1 Å². The molecule has 0 heterocycles. The molecule has 0 amide bonds. The van der Waals surface area contributed by atoms with Gasteiger partial charge in [0.25, 0.3) is 0 Å². The summed E-state index contributed by atoms with van der Waals surface area (Å²) in [5, 5.41) is 8.42. The Labute approximate surface area is 74.4 Å². The number of hydrogen-bond donors (Lipinski definition) is 0. The van der Waals surface area contributed by atoms with Crippen LogP contribution in [0, 0.1) is 23.0 Å². The van der Waals surface area contributed by atoms with Gasteiger partial charge < -0.3 is 4.74 Å². The van der Waals surface area contributed by atoms with Crippen LogP contribution in [0.2, 0.25) is 0 Å². The Morgan fingerprint density at radius 2 is 2.15 bits per heavy atom. The summed E-state index contributed by atoms with van der Waals surface area (Å²) in [5.74, 6) is -1.72. The lowest BCUT2D eigenvalue weighted by atomic mass is 10.2. The number of halogens is 2. The Bertz CT molecular complexity index is 357. The topological polar surface area (TPSA) is 33.0 Å². The molecule has 0 bridgehead atoms. The fourth-order valence-electron chi connectivity index (χ4n) is 0.906. The zero-order valence-electron chi connectivity index (χ0n) is 6.97. The molecule has 0 radical (unpaired) electrons. The zero-order chi connectivity index (χ0) is 9.84. The Balaban J connectivity index is 3.21. The van der Waals surface area contributed by atoms with Crippen LogP contribution in [-0.2, 0) is 0 Å². The van der Waals surface area contributed by atoms with Crippen LogP contribution in [-0.4, -0.2) is 6.61 Å². The minimum atomic E-state index is -0.814. The summed E-state index contributed by atoms with van der Waals surface area (Å²) >= 11 is 0. The lowest BCUT2D eigenvalue weighted by Gasteiger charge is -2.04. The van der Waals surface area contributed by atoms with Gasteiger partial charge in [-0.25, -0.2) is 8.78 Å². The summed E-state index contributed by atoms with van der Waals surface area (Å²) < 4.78 is 30.6. The van der Waals surface area contributed by atoms with E-state index in [9.17, 15) is 8.78 Å². The molecule has 1 aromatic rings. The standard InChI is InChI=1S/C9H7F2NO/c1-2-13-8-4-7(10)3-6(5-12)9(8)11/h3-4H,2H2,1H3. The van der Waals surface area contributed by atoms with Crippen molar-refractivity contribution in [3.63, 3.8) is 0 Å². The second kappa shape index (κ2) is 3.85. The van der Waals surface area contributed by atoms with Crippen molar-refractivity contribution in [2.45, 2.75) is 6.92 Å². The highest BCUT2D eigenvalue weighted by Crippen LogP contribution is 2.21. The number of ether oxygens (including phenoxy) is 1. The fraction of sp³-hybridized carbons (Fsp3) is 0.222. The first-order chi connectivity index (χ1) is 6.19. The van der Waals surface area contributed by atoms with Gasteiger partial charge in [-0.2, -0.15) is 5.26 Å². The number of nitriles is 1. The van der Waals surface area contributed by atoms with Gasteiger partial charge in [-0.3, -0.25) is 0 Å². The van der Waals surface area contributed by atoms with Crippen LogP contribution >= 0.6 is 0 Å². The van der Waals surface area contributed by atoms with Crippen molar-refractivity contribution in [1.82, 2.24) is 0 Å². The molecule has 1 aromatic carbocycles. The molecule has 0 saturated heterocycles. The molecular weight excluding hydrogens is 176 g/mol. The summed E-state index contributed by atoms with van der Waals surface area (Å²) in [6.45, 7) is 1.88. The molecule has 0 aliphatic heterocycles. The largest absolute Gasteiger partial charge is 0.491 e. The molecule has 0 aliphatic carbocycles. The van der Waals surface area contributed by atoms with E-state index in [-0.39, 0.29) is 17.9 Å². The van der Waals surface area contributed by atoms with Crippen molar-refractivity contribution in [3.8, 4) is 11.8 Å². The SMILES string of the molecule is CCOc1cc(F)cc(C#N)c1F. The molecule has 0 aromatic heterocycles. The Morgan fingerprint density at radius 1 is 1.46 bits per heavy atom. The quantitative estimate of drug-likeness (QED) is 0.704. The summed E-state index contributed by atoms with van der Waals surface area (Å²) in [7, 11) is 0. The molecule has 0 unspecified atom stereocenters. The van der Waals surface area contributed by atoms with Crippen LogP contribution in [0.3, 0.4) is 0 Å². The summed E-state index contributed by atoms with van der Waals surface area (Å²) in [6.07, 6.45) is 0. The molecule has 0 saturated carbocycles. The van der Waals surface area contributed by atoms with Gasteiger partial charge in [0.2, 0.25) is 0 Å². The molecule has 1 rings (SSSR count). The smallest absolute Gasteiger partial charge is 0.182 e. The van der Waals surface area contributed by atoms with Gasteiger partial charge in [0.15, 0.2) is 11.6 Å². The summed E-state index contributed by atoms with van der Waals surface area (Å²) in [5.41, 5.74) is -0.344. The molecule has 0 aliphatic rings. The number of benzene rings is 1. The minimum Gasteiger partial charge on any atom is -0.491 e. The maximum absolute atomic E-state index is 13.1. The average Bonchev–Trinajstić information content (AvgIpc) is 2.11. The van der Waals surface area contributed by atoms with E-state index in [1.54, 1.807) is 6.92 Å². The fourth-order valence-corrected chi connectivity index (χ4v) is 0.906. The maximum Gasteiger partial charge on any atom is 0.182 e. The minimum absolute atomic E-state index is 0.223. The van der Waals surface area contributed by atoms with E-state index in [1.165, 1.54) is 6.07 Å². The first kappa shape index (κ1) is 9.46. The zero-order valence-corrected chi connectivity index (χ0v) is 6.97. The third-order valence-corrected chi connectivity index (χ3v) is 1.42. The van der Waals surface area contributed by atoms with Gasteiger partial charge in [-0.05, 0) is 13.0 Å². The van der Waals surface area contributed by atoms with Gasteiger partial charge in [0.1, 0.15) is 11.9 Å². The van der Waals surface area contributed by atoms with E-state index < -0.39 is 11.6 Å². The van der Waals surface area contributed by atoms with Crippen LogP contribution in [0.1, 0.15) is 12.5 Å². The molecule has 0 N–H and O–H groups in total. The van der Waals surface area contributed by atoms with E-state index >= 15 is 0 Å². The number of rotatable bonds is 2. The van der Waals surface area contributed by atoms with Crippen LogP contribution in [0.15, 0.2) is 12.1 Å². The van der Waals surface area contributed by atoms with Crippen molar-refractivity contribution in [2.24, 2.45) is 0 Å². The van der Waals surface area contributed by atoms with Gasteiger partial charge >= 0.3 is 0 Å². The highest BCUT2D eigenvalue weighted by Gasteiger charge is 2.11. The lowest BCUT2D eigenvalue weighted by Crippen LogP contribution is -1.97. The average molecular weight is 183 g/mol. The molecule has 68 valence electrons. The van der Waals surface area contributed by atoms with E-state index in [1.807, 2.05) is 0 Å². The van der Waals surface area contributed by atoms with Crippen molar-refractivity contribution < 1.29 is 13.5 Å². The van der Waals surface area contributed by atoms with Gasteiger partial charge in [0.05, 0.1) is 12.2 Å². The second-order valence-corrected chi connectivity index (χ2v) is 2.31. The molecule has 0 fully saturated rings. The third-order valence-electron chi connectivity index (χ3n) is 1.42. The molecule has 0 atom stereocenters. The third kappa shape index (κ3) is 1.94. The van der Waals surface area contributed by atoms with E-state index in [4.69, 9.17) is 10.00 Å². The highest BCUT2D eigenvalue weighted by atomic mass is 19.1. The normalized spacial score (nSPS) is 9.38. The van der Waals surface area contributed by atoms with Crippen LogP contribution in [0.4, 0.5) is 8.78 Å². The first-order valence-corrected chi connectivity index (χ1v) is 3.71. The van der Waals surface area contributed by atoms with Crippen LogP contribution < -0.4 is 4.74 Å². The van der Waals surface area contributed by atoms with Crippen LogP contribution in [0.5, 0.6) is 5.75 Å². The molecule has 13 heavy (non-hydrogen) atoms. The molecule has 2 nitrogen and oxygen atoms in total. The number of hydrogen-bond acceptors (Lipinski definition) is 2. The maximum atomic E-state index is 13.1. The van der Waals surface area contributed by atoms with Gasteiger partial charge in [0, 0.05) is 6.07 Å². The van der Waals surface area contributed by atoms with Crippen molar-refractivity contribution >= 4 is 0 Å². The lowest BCUT2D eigenvalue weighted by molar-refractivity contribution is 0.319. The van der Waals surface area contributed by atoms with Gasteiger partial charge in [-0.1, -0.05) is 0 Å². The first-order valence-electron chi connectivity index (χ1n) is 3.71. The highest BCUT2D eigenvalue weighted by molar-refractivity contribution is 5.39. The molecule has 4 heteroatoms. The monoisotopic (exact) mass is 183 g/mol. The van der Waals surface area contributed by atoms with Crippen LogP contribution in [0.25, 0.3) is 0 Å². The number of nitrogens with zero attached hydrogens (tertiary/aromatic N) is 1. The van der Waals surface area contributed by atoms with Crippen molar-refractivity contribution in [3.05, 3.63) is 29.3 Å². The summed E-state index contributed by atoms with van der Waals surface area (Å²) in [6, 6.07) is 3.29. The van der Waals surface area contributed by atoms with E-state index in [2.05, 4.69) is 0 Å². The molecule has 0 spiro atoms. The van der Waals surface area contributed by atoms with Crippen molar-refractivity contribution in [2.75, 3.05) is 6.61 Å². The summed E-state index contributed by atoms with van der Waals surface area (Å²) in [4.78, 5) is 0. The Hall–Kier alpha value is -1.63. The Morgan fingerprint density at radius 3 is 2.69 bits per heavy atom. The molecular formula is C9H7F2NO. The predicted octanol–water partition coefficient (Wildman–Crippen LogP) is 2.24. The Kier molecular flexibility index (Phi) is 2.80.